The lowest BCUT2D eigenvalue weighted by Crippen LogP contribution is -2.43. The molecule has 0 aromatic carbocycles. The van der Waals surface area contributed by atoms with Gasteiger partial charge in [0.15, 0.2) is 0 Å². The highest BCUT2D eigenvalue weighted by Gasteiger charge is 2.42. The normalized spacial score (nSPS) is 13.9. The number of halogens is 4. The molecule has 0 saturated carbocycles. The van der Waals surface area contributed by atoms with Gasteiger partial charge in [0.2, 0.25) is 0 Å². The number of alkyl halides is 3. The molecule has 0 aromatic rings. The van der Waals surface area contributed by atoms with Crippen LogP contribution >= 0.6 is 12.4 Å². The van der Waals surface area contributed by atoms with Crippen molar-refractivity contribution in [1.82, 2.24) is 0 Å². The zero-order chi connectivity index (χ0) is 9.23. The zero-order valence-corrected chi connectivity index (χ0v) is 7.50. The average molecular weight is 206 g/mol. The molecule has 0 aliphatic carbocycles. The van der Waals surface area contributed by atoms with Crippen molar-refractivity contribution in [2.75, 3.05) is 0 Å². The molecule has 6 heteroatoms. The van der Waals surface area contributed by atoms with E-state index in [1.54, 1.807) is 0 Å². The highest BCUT2D eigenvalue weighted by molar-refractivity contribution is 5.89. The number of hydrogen-bond acceptors (Lipinski definition) is 2. The number of Topliss-reactive ketones (excluding diaryl/α,β-unsaturated/α-hetero) is 1. The Morgan fingerprint density at radius 1 is 1.33 bits per heavy atom. The molecule has 0 spiro atoms. The first-order chi connectivity index (χ1) is 4.76. The molecule has 0 fully saturated rings. The van der Waals surface area contributed by atoms with Crippen molar-refractivity contribution in [3.05, 3.63) is 0 Å². The van der Waals surface area contributed by atoms with E-state index in [0.29, 0.717) is 0 Å². The van der Waals surface area contributed by atoms with Gasteiger partial charge in [-0.05, 0) is 5.92 Å². The molecule has 2 N–H and O–H groups in total. The van der Waals surface area contributed by atoms with Gasteiger partial charge in [-0.15, -0.1) is 12.4 Å². The van der Waals surface area contributed by atoms with E-state index in [1.807, 2.05) is 0 Å². The smallest absolute Gasteiger partial charge is 0.321 e. The van der Waals surface area contributed by atoms with Crippen LogP contribution in [0.1, 0.15) is 13.8 Å². The number of hydrogen-bond donors (Lipinski definition) is 1. The fourth-order valence-electron chi connectivity index (χ4n) is 0.492. The van der Waals surface area contributed by atoms with Crippen molar-refractivity contribution < 1.29 is 18.0 Å². The van der Waals surface area contributed by atoms with Gasteiger partial charge in [0.05, 0.1) is 6.04 Å². The molecule has 0 rings (SSSR count). The quantitative estimate of drug-likeness (QED) is 0.743. The lowest BCUT2D eigenvalue weighted by molar-refractivity contribution is -0.173. The average Bonchev–Trinajstić information content (AvgIpc) is 1.82. The SMILES string of the molecule is CC(C)C(N)C(=O)C(F)(F)F.Cl. The lowest BCUT2D eigenvalue weighted by Gasteiger charge is -2.15. The molecule has 0 aliphatic heterocycles. The summed E-state index contributed by atoms with van der Waals surface area (Å²) in [5.41, 5.74) is 4.98. The van der Waals surface area contributed by atoms with Crippen LogP contribution in [0, 0.1) is 5.92 Å². The molecule has 74 valence electrons. The summed E-state index contributed by atoms with van der Waals surface area (Å²) >= 11 is 0. The Bertz CT molecular complexity index is 157. The minimum atomic E-state index is -4.80. The third kappa shape index (κ3) is 3.92. The van der Waals surface area contributed by atoms with Crippen LogP contribution in [0.25, 0.3) is 0 Å². The molecule has 0 saturated heterocycles. The summed E-state index contributed by atoms with van der Waals surface area (Å²) in [6.45, 7) is 2.93. The topological polar surface area (TPSA) is 43.1 Å². The van der Waals surface area contributed by atoms with Crippen molar-refractivity contribution in [1.29, 1.82) is 0 Å². The summed E-state index contributed by atoms with van der Waals surface area (Å²) in [6.07, 6.45) is -4.80. The van der Waals surface area contributed by atoms with Gasteiger partial charge in [-0.2, -0.15) is 13.2 Å². The van der Waals surface area contributed by atoms with Crippen LogP contribution < -0.4 is 5.73 Å². The van der Waals surface area contributed by atoms with Crippen LogP contribution in [0.4, 0.5) is 13.2 Å². The largest absolute Gasteiger partial charge is 0.451 e. The Morgan fingerprint density at radius 3 is 1.75 bits per heavy atom. The first-order valence-corrected chi connectivity index (χ1v) is 3.13. The molecule has 0 amide bonds. The Morgan fingerprint density at radius 2 is 1.67 bits per heavy atom. The second-order valence-electron chi connectivity index (χ2n) is 2.63. The third-order valence-corrected chi connectivity index (χ3v) is 1.30. The maximum atomic E-state index is 11.6. The van der Waals surface area contributed by atoms with E-state index in [2.05, 4.69) is 0 Å². The van der Waals surface area contributed by atoms with E-state index in [0.717, 1.165) is 0 Å². The summed E-state index contributed by atoms with van der Waals surface area (Å²) in [7, 11) is 0. The molecular weight excluding hydrogens is 195 g/mol. The third-order valence-electron chi connectivity index (χ3n) is 1.30. The van der Waals surface area contributed by atoms with Gasteiger partial charge in [-0.3, -0.25) is 4.79 Å². The molecule has 12 heavy (non-hydrogen) atoms. The van der Waals surface area contributed by atoms with Gasteiger partial charge in [0.1, 0.15) is 0 Å². The van der Waals surface area contributed by atoms with Crippen molar-refractivity contribution in [2.45, 2.75) is 26.1 Å². The monoisotopic (exact) mass is 205 g/mol. The van der Waals surface area contributed by atoms with E-state index >= 15 is 0 Å². The molecule has 0 bridgehead atoms. The maximum Gasteiger partial charge on any atom is 0.451 e. The van der Waals surface area contributed by atoms with Crippen molar-refractivity contribution in [3.8, 4) is 0 Å². The number of nitrogens with two attached hydrogens (primary N) is 1. The summed E-state index contributed by atoms with van der Waals surface area (Å²) < 4.78 is 34.9. The molecule has 2 nitrogen and oxygen atoms in total. The molecule has 0 aliphatic rings. The number of ketones is 1. The van der Waals surface area contributed by atoms with Crippen LogP contribution in [-0.4, -0.2) is 18.0 Å². The van der Waals surface area contributed by atoms with Crippen molar-refractivity contribution in [2.24, 2.45) is 11.7 Å². The van der Waals surface area contributed by atoms with Crippen LogP contribution in [0.5, 0.6) is 0 Å². The highest BCUT2D eigenvalue weighted by atomic mass is 35.5. The Labute approximate surface area is 74.7 Å². The van der Waals surface area contributed by atoms with Crippen LogP contribution in [0.2, 0.25) is 0 Å². The summed E-state index contributed by atoms with van der Waals surface area (Å²) in [5, 5.41) is 0. The highest BCUT2D eigenvalue weighted by Crippen LogP contribution is 2.19. The van der Waals surface area contributed by atoms with E-state index in [4.69, 9.17) is 5.73 Å². The van der Waals surface area contributed by atoms with Gasteiger partial charge < -0.3 is 5.73 Å². The second kappa shape index (κ2) is 4.67. The molecule has 0 radical (unpaired) electrons. The van der Waals surface area contributed by atoms with Gasteiger partial charge in [0.25, 0.3) is 5.78 Å². The zero-order valence-electron chi connectivity index (χ0n) is 6.68. The number of carbonyl (C=O) groups is 1. The molecule has 1 atom stereocenters. The van der Waals surface area contributed by atoms with E-state index in [9.17, 15) is 18.0 Å². The van der Waals surface area contributed by atoms with Crippen LogP contribution in [0.3, 0.4) is 0 Å². The summed E-state index contributed by atoms with van der Waals surface area (Å²) in [4.78, 5) is 10.4. The lowest BCUT2D eigenvalue weighted by atomic mass is 10.0. The first-order valence-electron chi connectivity index (χ1n) is 3.13. The molecule has 0 aromatic heterocycles. The van der Waals surface area contributed by atoms with Gasteiger partial charge in [-0.1, -0.05) is 13.8 Å². The fraction of sp³-hybridized carbons (Fsp3) is 0.833. The summed E-state index contributed by atoms with van der Waals surface area (Å²) in [5.74, 6) is -2.34. The van der Waals surface area contributed by atoms with Crippen molar-refractivity contribution >= 4 is 18.2 Å². The van der Waals surface area contributed by atoms with Gasteiger partial charge in [-0.25, -0.2) is 0 Å². The fourth-order valence-corrected chi connectivity index (χ4v) is 0.492. The number of rotatable bonds is 2. The Balaban J connectivity index is 0. The van der Waals surface area contributed by atoms with E-state index in [1.165, 1.54) is 13.8 Å². The number of carbonyl (C=O) groups excluding carboxylic acids is 1. The Kier molecular flexibility index (Phi) is 5.54. The minimum Gasteiger partial charge on any atom is -0.321 e. The minimum absolute atomic E-state index is 0. The summed E-state index contributed by atoms with van der Waals surface area (Å²) in [6, 6.07) is -1.44. The predicted molar refractivity (Wildman–Crippen MR) is 41.1 cm³/mol. The Hall–Kier alpha value is -0.290. The molecule has 1 unspecified atom stereocenters. The van der Waals surface area contributed by atoms with Crippen molar-refractivity contribution in [3.63, 3.8) is 0 Å². The second-order valence-corrected chi connectivity index (χ2v) is 2.63. The first kappa shape index (κ1) is 14.2. The van der Waals surface area contributed by atoms with Gasteiger partial charge in [0, 0.05) is 0 Å². The maximum absolute atomic E-state index is 11.6. The molecular formula is C6H11ClF3NO. The van der Waals surface area contributed by atoms with Crippen LogP contribution in [0.15, 0.2) is 0 Å². The van der Waals surface area contributed by atoms with Gasteiger partial charge >= 0.3 is 6.18 Å². The predicted octanol–water partition coefficient (Wildman–Crippen LogP) is 1.52. The van der Waals surface area contributed by atoms with E-state index in [-0.39, 0.29) is 12.4 Å². The van der Waals surface area contributed by atoms with E-state index < -0.39 is 23.9 Å². The molecule has 0 heterocycles. The standard InChI is InChI=1S/C6H10F3NO.ClH/c1-3(2)4(10)5(11)6(7,8)9;/h3-4H,10H2,1-2H3;1H. The van der Waals surface area contributed by atoms with Crippen LogP contribution in [-0.2, 0) is 4.79 Å².